The quantitative estimate of drug-likeness (QED) is 0.848. The molecule has 0 fully saturated rings. The molecule has 1 unspecified atom stereocenters. The average molecular weight is 270 g/mol. The van der Waals surface area contributed by atoms with Crippen molar-refractivity contribution in [2.75, 3.05) is 11.9 Å². The molecule has 104 valence electrons. The van der Waals surface area contributed by atoms with Crippen molar-refractivity contribution in [3.63, 3.8) is 0 Å². The summed E-state index contributed by atoms with van der Waals surface area (Å²) in [5.74, 6) is -0.302. The number of rotatable bonds is 5. The van der Waals surface area contributed by atoms with Gasteiger partial charge in [-0.3, -0.25) is 4.98 Å². The van der Waals surface area contributed by atoms with Crippen molar-refractivity contribution >= 4 is 11.7 Å². The van der Waals surface area contributed by atoms with Gasteiger partial charge in [0.25, 0.3) is 0 Å². The number of anilines is 1. The Balaban J connectivity index is 2.28. The normalized spacial score (nSPS) is 11.7. The molecule has 1 atom stereocenters. The van der Waals surface area contributed by atoms with Crippen LogP contribution in [0.5, 0.6) is 0 Å². The van der Waals surface area contributed by atoms with Crippen molar-refractivity contribution in [2.24, 2.45) is 0 Å². The third kappa shape index (κ3) is 3.35. The van der Waals surface area contributed by atoms with E-state index in [4.69, 9.17) is 4.74 Å². The Morgan fingerprint density at radius 1 is 1.30 bits per heavy atom. The number of esters is 1. The topological polar surface area (TPSA) is 51.2 Å². The van der Waals surface area contributed by atoms with Crippen molar-refractivity contribution in [3.8, 4) is 0 Å². The van der Waals surface area contributed by atoms with Gasteiger partial charge in [0.05, 0.1) is 6.61 Å². The molecule has 20 heavy (non-hydrogen) atoms. The lowest BCUT2D eigenvalue weighted by atomic mass is 10.1. The number of carbonyl (C=O) groups is 1. The number of hydrogen-bond donors (Lipinski definition) is 1. The van der Waals surface area contributed by atoms with Crippen LogP contribution in [0.4, 0.5) is 5.69 Å². The first kappa shape index (κ1) is 14.1. The molecule has 0 aliphatic heterocycles. The molecule has 0 aliphatic carbocycles. The lowest BCUT2D eigenvalue weighted by molar-refractivity contribution is -0.144. The maximum atomic E-state index is 12.1. The summed E-state index contributed by atoms with van der Waals surface area (Å²) >= 11 is 0. The maximum Gasteiger partial charge on any atom is 0.333 e. The second kappa shape index (κ2) is 6.70. The van der Waals surface area contributed by atoms with Crippen LogP contribution in [0, 0.1) is 6.92 Å². The zero-order chi connectivity index (χ0) is 14.4. The fourth-order valence-electron chi connectivity index (χ4n) is 1.94. The van der Waals surface area contributed by atoms with Gasteiger partial charge in [-0.15, -0.1) is 0 Å². The second-order valence-electron chi connectivity index (χ2n) is 4.43. The minimum atomic E-state index is -0.551. The van der Waals surface area contributed by atoms with Gasteiger partial charge in [-0.05, 0) is 31.5 Å². The van der Waals surface area contributed by atoms with Gasteiger partial charge in [0.1, 0.15) is 0 Å². The molecule has 0 aliphatic rings. The molecule has 0 amide bonds. The summed E-state index contributed by atoms with van der Waals surface area (Å²) in [6, 6.07) is 10.9. The molecule has 1 N–H and O–H groups in total. The number of hydrogen-bond acceptors (Lipinski definition) is 4. The number of ether oxygens (including phenoxy) is 1. The molecule has 0 bridgehead atoms. The fourth-order valence-corrected chi connectivity index (χ4v) is 1.94. The smallest absolute Gasteiger partial charge is 0.333 e. The molecule has 0 radical (unpaired) electrons. The third-order valence-electron chi connectivity index (χ3n) is 2.98. The van der Waals surface area contributed by atoms with Crippen LogP contribution < -0.4 is 5.32 Å². The number of benzene rings is 1. The molecule has 4 heteroatoms. The van der Waals surface area contributed by atoms with Crippen molar-refractivity contribution in [2.45, 2.75) is 19.9 Å². The first-order valence-corrected chi connectivity index (χ1v) is 6.61. The van der Waals surface area contributed by atoms with E-state index in [9.17, 15) is 4.79 Å². The van der Waals surface area contributed by atoms with Crippen LogP contribution in [-0.2, 0) is 9.53 Å². The van der Waals surface area contributed by atoms with Crippen LogP contribution in [0.15, 0.2) is 48.8 Å². The SMILES string of the molecule is CCOC(=O)C(Nc1ccccc1C)c1cccnc1. The third-order valence-corrected chi connectivity index (χ3v) is 2.98. The first-order valence-electron chi connectivity index (χ1n) is 6.61. The number of nitrogens with one attached hydrogen (secondary N) is 1. The van der Waals surface area contributed by atoms with E-state index in [1.54, 1.807) is 25.4 Å². The molecule has 4 nitrogen and oxygen atoms in total. The number of para-hydroxylation sites is 1. The zero-order valence-corrected chi connectivity index (χ0v) is 11.7. The highest BCUT2D eigenvalue weighted by Gasteiger charge is 2.22. The van der Waals surface area contributed by atoms with Gasteiger partial charge in [-0.2, -0.15) is 0 Å². The van der Waals surface area contributed by atoms with Gasteiger partial charge in [-0.1, -0.05) is 24.3 Å². The number of nitrogens with zero attached hydrogens (tertiary/aromatic N) is 1. The fraction of sp³-hybridized carbons (Fsp3) is 0.250. The molecule has 1 aromatic heterocycles. The summed E-state index contributed by atoms with van der Waals surface area (Å²) in [7, 11) is 0. The highest BCUT2D eigenvalue weighted by molar-refractivity contribution is 5.81. The molecular weight excluding hydrogens is 252 g/mol. The monoisotopic (exact) mass is 270 g/mol. The Hall–Kier alpha value is -2.36. The standard InChI is InChI=1S/C16H18N2O2/c1-3-20-16(19)15(13-8-6-10-17-11-13)18-14-9-5-4-7-12(14)2/h4-11,15,18H,3H2,1-2H3. The van der Waals surface area contributed by atoms with Gasteiger partial charge < -0.3 is 10.1 Å². The lowest BCUT2D eigenvalue weighted by Crippen LogP contribution is -2.23. The van der Waals surface area contributed by atoms with E-state index < -0.39 is 6.04 Å². The van der Waals surface area contributed by atoms with Crippen molar-refractivity contribution < 1.29 is 9.53 Å². The van der Waals surface area contributed by atoms with Gasteiger partial charge in [0.2, 0.25) is 0 Å². The van der Waals surface area contributed by atoms with Gasteiger partial charge in [0, 0.05) is 23.6 Å². The van der Waals surface area contributed by atoms with Crippen LogP contribution in [0.3, 0.4) is 0 Å². The predicted octanol–water partition coefficient (Wildman–Crippen LogP) is 3.11. The lowest BCUT2D eigenvalue weighted by Gasteiger charge is -2.19. The van der Waals surface area contributed by atoms with Crippen LogP contribution in [0.2, 0.25) is 0 Å². The summed E-state index contributed by atoms with van der Waals surface area (Å²) in [5, 5.41) is 3.23. The minimum absolute atomic E-state index is 0.302. The van der Waals surface area contributed by atoms with E-state index in [2.05, 4.69) is 10.3 Å². The Bertz CT molecular complexity index is 570. The van der Waals surface area contributed by atoms with Crippen LogP contribution in [-0.4, -0.2) is 17.6 Å². The van der Waals surface area contributed by atoms with E-state index in [-0.39, 0.29) is 5.97 Å². The highest BCUT2D eigenvalue weighted by Crippen LogP contribution is 2.22. The molecule has 0 saturated carbocycles. The number of aryl methyl sites for hydroxylation is 1. The van der Waals surface area contributed by atoms with E-state index in [0.29, 0.717) is 6.61 Å². The van der Waals surface area contributed by atoms with Gasteiger partial charge in [0.15, 0.2) is 6.04 Å². The van der Waals surface area contributed by atoms with E-state index in [1.807, 2.05) is 37.3 Å². The zero-order valence-electron chi connectivity index (χ0n) is 11.7. The average Bonchev–Trinajstić information content (AvgIpc) is 2.47. The Morgan fingerprint density at radius 2 is 2.10 bits per heavy atom. The Labute approximate surface area is 118 Å². The van der Waals surface area contributed by atoms with Crippen LogP contribution in [0.1, 0.15) is 24.1 Å². The van der Waals surface area contributed by atoms with Crippen molar-refractivity contribution in [3.05, 3.63) is 59.9 Å². The summed E-state index contributed by atoms with van der Waals surface area (Å²) in [4.78, 5) is 16.2. The number of pyridine rings is 1. The molecule has 2 rings (SSSR count). The molecule has 0 saturated heterocycles. The molecule has 1 aromatic carbocycles. The number of carbonyl (C=O) groups excluding carboxylic acids is 1. The van der Waals surface area contributed by atoms with E-state index >= 15 is 0 Å². The highest BCUT2D eigenvalue weighted by atomic mass is 16.5. The minimum Gasteiger partial charge on any atom is -0.464 e. The number of aromatic nitrogens is 1. The van der Waals surface area contributed by atoms with Crippen LogP contribution in [0.25, 0.3) is 0 Å². The molecular formula is C16H18N2O2. The van der Waals surface area contributed by atoms with Gasteiger partial charge >= 0.3 is 5.97 Å². The summed E-state index contributed by atoms with van der Waals surface area (Å²) in [6.07, 6.45) is 3.35. The largest absolute Gasteiger partial charge is 0.464 e. The van der Waals surface area contributed by atoms with Crippen LogP contribution >= 0.6 is 0 Å². The van der Waals surface area contributed by atoms with E-state index in [0.717, 1.165) is 16.8 Å². The molecule has 0 spiro atoms. The maximum absolute atomic E-state index is 12.1. The molecule has 2 aromatic rings. The Morgan fingerprint density at radius 3 is 2.75 bits per heavy atom. The van der Waals surface area contributed by atoms with Crippen molar-refractivity contribution in [1.82, 2.24) is 4.98 Å². The predicted molar refractivity (Wildman–Crippen MR) is 78.4 cm³/mol. The summed E-state index contributed by atoms with van der Waals surface area (Å²) in [5.41, 5.74) is 2.77. The van der Waals surface area contributed by atoms with E-state index in [1.165, 1.54) is 0 Å². The summed E-state index contributed by atoms with van der Waals surface area (Å²) in [6.45, 7) is 4.14. The first-order chi connectivity index (χ1) is 9.72. The summed E-state index contributed by atoms with van der Waals surface area (Å²) < 4.78 is 5.14. The van der Waals surface area contributed by atoms with Gasteiger partial charge in [-0.25, -0.2) is 4.79 Å². The molecule has 1 heterocycles. The second-order valence-corrected chi connectivity index (χ2v) is 4.43. The van der Waals surface area contributed by atoms with Crippen molar-refractivity contribution in [1.29, 1.82) is 0 Å². The Kier molecular flexibility index (Phi) is 4.71.